The Bertz CT molecular complexity index is 554. The van der Waals surface area contributed by atoms with Crippen LogP contribution in [-0.4, -0.2) is 34.6 Å². The molecule has 1 atom stereocenters. The summed E-state index contributed by atoms with van der Waals surface area (Å²) >= 11 is 0. The van der Waals surface area contributed by atoms with E-state index in [1.165, 1.54) is 11.1 Å². The Labute approximate surface area is 118 Å². The molecule has 2 aromatic rings. The molecule has 20 heavy (non-hydrogen) atoms. The van der Waals surface area contributed by atoms with Crippen molar-refractivity contribution >= 4 is 0 Å². The maximum atomic E-state index is 5.76. The fourth-order valence-corrected chi connectivity index (χ4v) is 2.44. The van der Waals surface area contributed by atoms with Gasteiger partial charge in [-0.25, -0.2) is 0 Å². The predicted octanol–water partition coefficient (Wildman–Crippen LogP) is 1.98. The van der Waals surface area contributed by atoms with E-state index >= 15 is 0 Å². The van der Waals surface area contributed by atoms with Gasteiger partial charge in [0.1, 0.15) is 6.10 Å². The summed E-state index contributed by atoms with van der Waals surface area (Å²) in [5.41, 5.74) is 3.50. The number of hydrogen-bond acceptors (Lipinski definition) is 4. The summed E-state index contributed by atoms with van der Waals surface area (Å²) in [6.45, 7) is 4.77. The van der Waals surface area contributed by atoms with Crippen molar-refractivity contribution < 1.29 is 9.47 Å². The Kier molecular flexibility index (Phi) is 4.08. The first-order valence-electron chi connectivity index (χ1n) is 7.01. The fourth-order valence-electron chi connectivity index (χ4n) is 2.44. The van der Waals surface area contributed by atoms with E-state index in [1.54, 1.807) is 12.4 Å². The standard InChI is InChI=1S/C15H19N3O2/c1-2-19-11-14-15-13(5-8-20-14)10-18(17-15)9-12-3-6-16-7-4-12/h3-4,6-7,10,14H,2,5,8-9,11H2,1H3. The zero-order chi connectivity index (χ0) is 13.8. The van der Waals surface area contributed by atoms with Crippen molar-refractivity contribution in [3.05, 3.63) is 47.5 Å². The van der Waals surface area contributed by atoms with Crippen LogP contribution in [0.2, 0.25) is 0 Å². The van der Waals surface area contributed by atoms with Crippen LogP contribution in [0.1, 0.15) is 29.8 Å². The SMILES string of the molecule is CCOCC1OCCc2cn(Cc3ccncc3)nc21. The summed E-state index contributed by atoms with van der Waals surface area (Å²) in [5, 5.41) is 4.67. The van der Waals surface area contributed by atoms with Crippen LogP contribution in [0.25, 0.3) is 0 Å². The van der Waals surface area contributed by atoms with E-state index in [2.05, 4.69) is 16.3 Å². The number of hydrogen-bond donors (Lipinski definition) is 0. The summed E-state index contributed by atoms with van der Waals surface area (Å²) in [7, 11) is 0. The Balaban J connectivity index is 1.77. The molecule has 2 aromatic heterocycles. The fraction of sp³-hybridized carbons (Fsp3) is 0.467. The monoisotopic (exact) mass is 273 g/mol. The van der Waals surface area contributed by atoms with Gasteiger partial charge in [0.25, 0.3) is 0 Å². The Morgan fingerprint density at radius 3 is 3.05 bits per heavy atom. The maximum absolute atomic E-state index is 5.76. The van der Waals surface area contributed by atoms with Gasteiger partial charge in [0, 0.05) is 25.2 Å². The predicted molar refractivity (Wildman–Crippen MR) is 74.5 cm³/mol. The molecule has 0 saturated carbocycles. The average Bonchev–Trinajstić information content (AvgIpc) is 2.89. The van der Waals surface area contributed by atoms with Crippen molar-refractivity contribution in [2.75, 3.05) is 19.8 Å². The smallest absolute Gasteiger partial charge is 0.125 e. The number of fused-ring (bicyclic) bond motifs is 1. The molecule has 1 unspecified atom stereocenters. The molecule has 0 saturated heterocycles. The maximum Gasteiger partial charge on any atom is 0.125 e. The van der Waals surface area contributed by atoms with E-state index in [-0.39, 0.29) is 6.10 Å². The van der Waals surface area contributed by atoms with Gasteiger partial charge in [-0.3, -0.25) is 9.67 Å². The Morgan fingerprint density at radius 2 is 2.25 bits per heavy atom. The van der Waals surface area contributed by atoms with Crippen molar-refractivity contribution in [1.29, 1.82) is 0 Å². The molecule has 0 aromatic carbocycles. The van der Waals surface area contributed by atoms with Crippen molar-refractivity contribution in [1.82, 2.24) is 14.8 Å². The van der Waals surface area contributed by atoms with Crippen molar-refractivity contribution in [2.45, 2.75) is 26.0 Å². The lowest BCUT2D eigenvalue weighted by molar-refractivity contribution is -0.0244. The lowest BCUT2D eigenvalue weighted by atomic mass is 10.1. The zero-order valence-electron chi connectivity index (χ0n) is 11.7. The summed E-state index contributed by atoms with van der Waals surface area (Å²) in [5.74, 6) is 0. The number of aromatic nitrogens is 3. The van der Waals surface area contributed by atoms with Crippen molar-refractivity contribution in [3.63, 3.8) is 0 Å². The van der Waals surface area contributed by atoms with Gasteiger partial charge in [-0.1, -0.05) is 0 Å². The van der Waals surface area contributed by atoms with Gasteiger partial charge in [0.15, 0.2) is 0 Å². The van der Waals surface area contributed by atoms with Crippen molar-refractivity contribution in [2.24, 2.45) is 0 Å². The second-order valence-electron chi connectivity index (χ2n) is 4.86. The first-order chi connectivity index (χ1) is 9.86. The molecule has 0 aliphatic carbocycles. The molecule has 5 nitrogen and oxygen atoms in total. The van der Waals surface area contributed by atoms with Gasteiger partial charge in [-0.2, -0.15) is 5.10 Å². The topological polar surface area (TPSA) is 49.2 Å². The molecule has 5 heteroatoms. The van der Waals surface area contributed by atoms with E-state index < -0.39 is 0 Å². The van der Waals surface area contributed by atoms with Crippen LogP contribution in [0.15, 0.2) is 30.7 Å². The second kappa shape index (κ2) is 6.15. The van der Waals surface area contributed by atoms with Crippen LogP contribution in [-0.2, 0) is 22.4 Å². The van der Waals surface area contributed by atoms with E-state index in [1.807, 2.05) is 23.7 Å². The van der Waals surface area contributed by atoms with Crippen molar-refractivity contribution in [3.8, 4) is 0 Å². The Hall–Kier alpha value is -1.72. The van der Waals surface area contributed by atoms with Gasteiger partial charge >= 0.3 is 0 Å². The first kappa shape index (κ1) is 13.3. The summed E-state index contributed by atoms with van der Waals surface area (Å²) in [6, 6.07) is 4.02. The van der Waals surface area contributed by atoms with Gasteiger partial charge in [0.05, 0.1) is 25.5 Å². The molecule has 106 valence electrons. The highest BCUT2D eigenvalue weighted by Crippen LogP contribution is 2.26. The van der Waals surface area contributed by atoms with E-state index in [4.69, 9.17) is 9.47 Å². The van der Waals surface area contributed by atoms with Crippen LogP contribution < -0.4 is 0 Å². The van der Waals surface area contributed by atoms with Gasteiger partial charge in [-0.15, -0.1) is 0 Å². The number of ether oxygens (including phenoxy) is 2. The highest BCUT2D eigenvalue weighted by Gasteiger charge is 2.24. The molecule has 3 heterocycles. The molecule has 0 bridgehead atoms. The van der Waals surface area contributed by atoms with Crippen LogP contribution in [0.3, 0.4) is 0 Å². The molecule has 0 fully saturated rings. The number of rotatable bonds is 5. The molecule has 0 spiro atoms. The molecular weight excluding hydrogens is 254 g/mol. The summed E-state index contributed by atoms with van der Waals surface area (Å²) in [6.07, 6.45) is 6.63. The minimum Gasteiger partial charge on any atom is -0.379 e. The highest BCUT2D eigenvalue weighted by atomic mass is 16.5. The molecule has 1 aliphatic heterocycles. The quantitative estimate of drug-likeness (QED) is 0.836. The lowest BCUT2D eigenvalue weighted by Gasteiger charge is -2.21. The lowest BCUT2D eigenvalue weighted by Crippen LogP contribution is -2.20. The third-order valence-corrected chi connectivity index (χ3v) is 3.43. The van der Waals surface area contributed by atoms with E-state index in [0.29, 0.717) is 13.2 Å². The number of nitrogens with zero attached hydrogens (tertiary/aromatic N) is 3. The normalized spacial score (nSPS) is 17.9. The highest BCUT2D eigenvalue weighted by molar-refractivity contribution is 5.23. The summed E-state index contributed by atoms with van der Waals surface area (Å²) in [4.78, 5) is 4.03. The van der Waals surface area contributed by atoms with Gasteiger partial charge in [-0.05, 0) is 36.6 Å². The molecule has 0 N–H and O–H groups in total. The number of pyridine rings is 1. The average molecular weight is 273 g/mol. The first-order valence-corrected chi connectivity index (χ1v) is 7.01. The molecule has 0 radical (unpaired) electrons. The van der Waals surface area contributed by atoms with Gasteiger partial charge < -0.3 is 9.47 Å². The minimum absolute atomic E-state index is 0.0302. The largest absolute Gasteiger partial charge is 0.379 e. The van der Waals surface area contributed by atoms with E-state index in [9.17, 15) is 0 Å². The third-order valence-electron chi connectivity index (χ3n) is 3.43. The van der Waals surface area contributed by atoms with Crippen LogP contribution in [0, 0.1) is 0 Å². The van der Waals surface area contributed by atoms with Crippen LogP contribution >= 0.6 is 0 Å². The third kappa shape index (κ3) is 2.89. The summed E-state index contributed by atoms with van der Waals surface area (Å²) < 4.78 is 13.2. The molecule has 3 rings (SSSR count). The Morgan fingerprint density at radius 1 is 1.40 bits per heavy atom. The molecular formula is C15H19N3O2. The molecule has 1 aliphatic rings. The zero-order valence-corrected chi connectivity index (χ0v) is 11.7. The minimum atomic E-state index is -0.0302. The van der Waals surface area contributed by atoms with Crippen LogP contribution in [0.4, 0.5) is 0 Å². The van der Waals surface area contributed by atoms with Gasteiger partial charge in [0.2, 0.25) is 0 Å². The van der Waals surface area contributed by atoms with E-state index in [0.717, 1.165) is 25.3 Å². The molecule has 0 amide bonds. The second-order valence-corrected chi connectivity index (χ2v) is 4.86. The van der Waals surface area contributed by atoms with Crippen LogP contribution in [0.5, 0.6) is 0 Å².